The lowest BCUT2D eigenvalue weighted by Gasteiger charge is -2.51. The Balaban J connectivity index is 1.75. The topological polar surface area (TPSA) is 128 Å². The van der Waals surface area contributed by atoms with Crippen LogP contribution >= 0.6 is 0 Å². The van der Waals surface area contributed by atoms with E-state index in [-0.39, 0.29) is 23.8 Å². The summed E-state index contributed by atoms with van der Waals surface area (Å²) in [5.41, 5.74) is 16.0. The van der Waals surface area contributed by atoms with Crippen molar-refractivity contribution in [2.24, 2.45) is 17.3 Å². The Morgan fingerprint density at radius 1 is 1.38 bits per heavy atom. The van der Waals surface area contributed by atoms with E-state index in [2.05, 4.69) is 34.2 Å². The van der Waals surface area contributed by atoms with Crippen molar-refractivity contribution < 1.29 is 5.11 Å². The maximum Gasteiger partial charge on any atom is 0.224 e. The summed E-state index contributed by atoms with van der Waals surface area (Å²) in [5.74, 6) is 1.27. The molecule has 1 fully saturated rings. The first-order valence-electron chi connectivity index (χ1n) is 7.04. The molecule has 8 heteroatoms. The monoisotopic (exact) mass is 291 g/mol. The van der Waals surface area contributed by atoms with Crippen LogP contribution in [0.2, 0.25) is 0 Å². The van der Waals surface area contributed by atoms with Crippen LogP contribution in [0.1, 0.15) is 20.3 Å². The number of aromatic nitrogens is 4. The Kier molecular flexibility index (Phi) is 3.12. The van der Waals surface area contributed by atoms with Crippen molar-refractivity contribution in [3.63, 3.8) is 0 Å². The highest BCUT2D eigenvalue weighted by Crippen LogP contribution is 2.50. The lowest BCUT2D eigenvalue weighted by atomic mass is 9.55. The number of nitrogens with zero attached hydrogens (tertiary/aromatic N) is 4. The van der Waals surface area contributed by atoms with Gasteiger partial charge in [-0.3, -0.25) is 0 Å². The van der Waals surface area contributed by atoms with Crippen molar-refractivity contribution in [2.45, 2.75) is 20.3 Å². The number of hydrogen-bond donors (Lipinski definition) is 4. The molecule has 114 valence electrons. The predicted molar refractivity (Wildman–Crippen MR) is 80.8 cm³/mol. The first-order valence-corrected chi connectivity index (χ1v) is 7.04. The van der Waals surface area contributed by atoms with E-state index in [0.717, 1.165) is 13.0 Å². The molecule has 6 N–H and O–H groups in total. The lowest BCUT2D eigenvalue weighted by molar-refractivity contribution is -0.0452. The summed E-state index contributed by atoms with van der Waals surface area (Å²) in [4.78, 5) is 12.3. The van der Waals surface area contributed by atoms with E-state index in [4.69, 9.17) is 11.5 Å². The Labute approximate surface area is 122 Å². The molecule has 0 aromatic carbocycles. The maximum absolute atomic E-state index is 9.31. The van der Waals surface area contributed by atoms with Crippen LogP contribution < -0.4 is 16.9 Å². The Bertz CT molecular complexity index is 666. The highest BCUT2D eigenvalue weighted by molar-refractivity contribution is 5.82. The van der Waals surface area contributed by atoms with E-state index in [1.165, 1.54) is 0 Å². The summed E-state index contributed by atoms with van der Waals surface area (Å²) in [6.07, 6.45) is 2.65. The van der Waals surface area contributed by atoms with E-state index in [0.29, 0.717) is 23.0 Å². The fourth-order valence-electron chi connectivity index (χ4n) is 3.04. The van der Waals surface area contributed by atoms with Gasteiger partial charge in [0.05, 0.1) is 0 Å². The summed E-state index contributed by atoms with van der Waals surface area (Å²) in [7, 11) is 0. The smallest absolute Gasteiger partial charge is 0.224 e. The zero-order valence-corrected chi connectivity index (χ0v) is 12.2. The van der Waals surface area contributed by atoms with Crippen molar-refractivity contribution in [2.75, 3.05) is 30.0 Å². The minimum absolute atomic E-state index is 0.130. The van der Waals surface area contributed by atoms with E-state index in [1.54, 1.807) is 11.0 Å². The second kappa shape index (κ2) is 4.73. The third-order valence-electron chi connectivity index (χ3n) is 4.84. The Morgan fingerprint density at radius 3 is 2.81 bits per heavy atom. The van der Waals surface area contributed by atoms with Gasteiger partial charge >= 0.3 is 0 Å². The summed E-state index contributed by atoms with van der Waals surface area (Å²) in [6.45, 7) is 5.40. The molecule has 21 heavy (non-hydrogen) atoms. The van der Waals surface area contributed by atoms with Crippen LogP contribution in [0.25, 0.3) is 11.2 Å². The molecule has 0 amide bonds. The number of nitrogen functional groups attached to an aromatic ring is 2. The van der Waals surface area contributed by atoms with Crippen LogP contribution in [0.3, 0.4) is 0 Å². The van der Waals surface area contributed by atoms with Crippen molar-refractivity contribution >= 4 is 22.9 Å². The molecule has 2 aromatic heterocycles. The Hall–Kier alpha value is -2.09. The van der Waals surface area contributed by atoms with Gasteiger partial charge in [0.2, 0.25) is 5.95 Å². The van der Waals surface area contributed by atoms with Crippen LogP contribution in [-0.4, -0.2) is 37.9 Å². The second-order valence-electron chi connectivity index (χ2n) is 6.25. The van der Waals surface area contributed by atoms with Gasteiger partial charge in [0.1, 0.15) is 6.33 Å². The molecule has 1 aliphatic carbocycles. The second-order valence-corrected chi connectivity index (χ2v) is 6.25. The van der Waals surface area contributed by atoms with Crippen molar-refractivity contribution in [1.29, 1.82) is 0 Å². The number of hydrogen-bond acceptors (Lipinski definition) is 7. The number of rotatable bonds is 4. The highest BCUT2D eigenvalue weighted by atomic mass is 16.3. The van der Waals surface area contributed by atoms with E-state index in [1.807, 2.05) is 0 Å². The van der Waals surface area contributed by atoms with Crippen LogP contribution in [0.5, 0.6) is 0 Å². The van der Waals surface area contributed by atoms with Crippen molar-refractivity contribution in [3.8, 4) is 0 Å². The van der Waals surface area contributed by atoms with Crippen molar-refractivity contribution in [1.82, 2.24) is 19.6 Å². The zero-order chi connectivity index (χ0) is 15.2. The predicted octanol–water partition coefficient (Wildman–Crippen LogP) is 0.189. The minimum Gasteiger partial charge on any atom is -0.396 e. The standard InChI is InChI=1S/C13H21N7O/c1-13(2)7(3-8(13)5-21)4-17-20-6-16-9-10(14)18-12(15)19-11(9)20/h6-8,17,21H,3-5H2,1-2H3,(H4,14,15,18,19)/t7-,8+/m1/s1. The van der Waals surface area contributed by atoms with Gasteiger partial charge in [-0.15, -0.1) is 0 Å². The first-order chi connectivity index (χ1) is 9.93. The third kappa shape index (κ3) is 2.15. The van der Waals surface area contributed by atoms with Crippen LogP contribution in [-0.2, 0) is 0 Å². The van der Waals surface area contributed by atoms with Gasteiger partial charge in [-0.1, -0.05) is 13.8 Å². The largest absolute Gasteiger partial charge is 0.396 e. The third-order valence-corrected chi connectivity index (χ3v) is 4.84. The summed E-state index contributed by atoms with van der Waals surface area (Å²) >= 11 is 0. The molecular formula is C13H21N7O. The highest BCUT2D eigenvalue weighted by Gasteiger charge is 2.47. The minimum atomic E-state index is 0.130. The van der Waals surface area contributed by atoms with E-state index >= 15 is 0 Å². The maximum atomic E-state index is 9.31. The number of aliphatic hydroxyl groups is 1. The average molecular weight is 291 g/mol. The first kappa shape index (κ1) is 13.9. The average Bonchev–Trinajstić information content (AvgIpc) is 2.81. The number of imidazole rings is 1. The molecule has 0 saturated heterocycles. The quantitative estimate of drug-likeness (QED) is 0.633. The van der Waals surface area contributed by atoms with E-state index in [9.17, 15) is 5.11 Å². The fourth-order valence-corrected chi connectivity index (χ4v) is 3.04. The van der Waals surface area contributed by atoms with Crippen LogP contribution in [0, 0.1) is 17.3 Å². The molecule has 0 radical (unpaired) electrons. The zero-order valence-electron chi connectivity index (χ0n) is 12.2. The molecule has 2 heterocycles. The van der Waals surface area contributed by atoms with Crippen molar-refractivity contribution in [3.05, 3.63) is 6.33 Å². The van der Waals surface area contributed by atoms with Gasteiger partial charge in [0.25, 0.3) is 0 Å². The SMILES string of the molecule is CC1(C)[C@H](CO)C[C@@H]1CNn1cnc2c(N)nc(N)nc21. The van der Waals surface area contributed by atoms with Crippen LogP contribution in [0.15, 0.2) is 6.33 Å². The Morgan fingerprint density at radius 2 is 2.14 bits per heavy atom. The lowest BCUT2D eigenvalue weighted by Crippen LogP contribution is -2.50. The summed E-state index contributed by atoms with van der Waals surface area (Å²) < 4.78 is 1.73. The molecule has 1 saturated carbocycles. The van der Waals surface area contributed by atoms with Gasteiger partial charge in [-0.25, -0.2) is 9.66 Å². The fraction of sp³-hybridized carbons (Fsp3) is 0.615. The van der Waals surface area contributed by atoms with Gasteiger partial charge in [-0.05, 0) is 23.7 Å². The summed E-state index contributed by atoms with van der Waals surface area (Å²) in [5, 5.41) is 9.31. The number of nitrogens with two attached hydrogens (primary N) is 2. The number of aliphatic hydroxyl groups excluding tert-OH is 1. The number of nitrogens with one attached hydrogen (secondary N) is 1. The number of anilines is 2. The molecule has 2 atom stereocenters. The van der Waals surface area contributed by atoms with Gasteiger partial charge in [0, 0.05) is 13.2 Å². The molecule has 1 aliphatic rings. The molecule has 3 rings (SSSR count). The summed E-state index contributed by atoms with van der Waals surface area (Å²) in [6, 6.07) is 0. The molecule has 2 aromatic rings. The van der Waals surface area contributed by atoms with Gasteiger partial charge in [-0.2, -0.15) is 9.97 Å². The molecule has 0 unspecified atom stereocenters. The number of fused-ring (bicyclic) bond motifs is 1. The van der Waals surface area contributed by atoms with Gasteiger partial charge in [0.15, 0.2) is 17.0 Å². The molecular weight excluding hydrogens is 270 g/mol. The molecule has 0 spiro atoms. The van der Waals surface area contributed by atoms with Crippen LogP contribution in [0.4, 0.5) is 11.8 Å². The van der Waals surface area contributed by atoms with E-state index < -0.39 is 0 Å². The molecule has 0 aliphatic heterocycles. The van der Waals surface area contributed by atoms with Gasteiger partial charge < -0.3 is 22.0 Å². The molecule has 8 nitrogen and oxygen atoms in total. The normalized spacial score (nSPS) is 24.0. The molecule has 0 bridgehead atoms.